The number of esters is 1. The van der Waals surface area contributed by atoms with E-state index in [1.165, 1.54) is 13.8 Å². The van der Waals surface area contributed by atoms with Crippen molar-refractivity contribution in [2.24, 2.45) is 23.2 Å². The van der Waals surface area contributed by atoms with E-state index in [0.29, 0.717) is 12.8 Å². The van der Waals surface area contributed by atoms with E-state index in [1.54, 1.807) is 19.1 Å². The molecule has 210 valence electrons. The van der Waals surface area contributed by atoms with Gasteiger partial charge in [0.1, 0.15) is 40.5 Å². The lowest BCUT2D eigenvalue weighted by molar-refractivity contribution is -0.178. The smallest absolute Gasteiger partial charge is 0.303 e. The van der Waals surface area contributed by atoms with Crippen molar-refractivity contribution in [3.8, 4) is 0 Å². The molecule has 0 bridgehead atoms. The van der Waals surface area contributed by atoms with Gasteiger partial charge in [0.25, 0.3) is 0 Å². The van der Waals surface area contributed by atoms with Crippen molar-refractivity contribution >= 4 is 17.7 Å². The number of carbonyl (C=O) groups excluding carboxylic acids is 3. The number of allylic oxidation sites excluding steroid dienone is 1. The Kier molecular flexibility index (Phi) is 5.77. The third-order valence-electron chi connectivity index (χ3n) is 10.3. The number of aliphatic hydroxyl groups is 2. The van der Waals surface area contributed by atoms with Crippen LogP contribution in [0.5, 0.6) is 0 Å². The summed E-state index contributed by atoms with van der Waals surface area (Å²) in [5, 5.41) is 26.4. The number of fused-ring (bicyclic) bond motifs is 3. The molecule has 3 aliphatic heterocycles. The van der Waals surface area contributed by atoms with Crippen LogP contribution in [0.1, 0.15) is 46.6 Å². The number of rotatable bonds is 3. The molecule has 0 radical (unpaired) electrons. The molecule has 1 aromatic rings. The van der Waals surface area contributed by atoms with Gasteiger partial charge >= 0.3 is 5.97 Å². The third-order valence-corrected chi connectivity index (χ3v) is 10.3. The highest BCUT2D eigenvalue weighted by Gasteiger charge is 2.87. The highest BCUT2D eigenvalue weighted by Crippen LogP contribution is 2.71. The fourth-order valence-electron chi connectivity index (χ4n) is 8.19. The molecule has 3 saturated heterocycles. The molecule has 9 heteroatoms. The van der Waals surface area contributed by atoms with E-state index in [9.17, 15) is 24.6 Å². The summed E-state index contributed by atoms with van der Waals surface area (Å²) < 4.78 is 18.3. The molecule has 1 unspecified atom stereocenters. The second-order valence-corrected chi connectivity index (χ2v) is 12.6. The van der Waals surface area contributed by atoms with E-state index >= 15 is 0 Å². The molecule has 4 fully saturated rings. The Balaban J connectivity index is 1.56. The number of ether oxygens (including phenoxy) is 3. The fourth-order valence-corrected chi connectivity index (χ4v) is 8.19. The topological polar surface area (TPSA) is 138 Å². The van der Waals surface area contributed by atoms with E-state index in [4.69, 9.17) is 14.2 Å². The van der Waals surface area contributed by atoms with E-state index in [-0.39, 0.29) is 11.7 Å². The lowest BCUT2D eigenvalue weighted by Gasteiger charge is -2.51. The monoisotopic (exact) mass is 539 g/mol. The van der Waals surface area contributed by atoms with Gasteiger partial charge in [0.2, 0.25) is 5.91 Å². The number of carbonyl (C=O) groups is 3. The van der Waals surface area contributed by atoms with Crippen molar-refractivity contribution in [2.75, 3.05) is 0 Å². The summed E-state index contributed by atoms with van der Waals surface area (Å²) in [7, 11) is 0. The lowest BCUT2D eigenvalue weighted by Crippen LogP contribution is -2.67. The summed E-state index contributed by atoms with van der Waals surface area (Å²) in [6.07, 6.45) is 0.231. The molecule has 6 rings (SSSR count). The normalized spacial score (nSPS) is 50.7. The van der Waals surface area contributed by atoms with Gasteiger partial charge in [-0.2, -0.15) is 0 Å². The Labute approximate surface area is 227 Å². The van der Waals surface area contributed by atoms with Gasteiger partial charge in [-0.15, -0.1) is 0 Å². The van der Waals surface area contributed by atoms with E-state index in [1.807, 2.05) is 44.2 Å². The van der Waals surface area contributed by atoms with Crippen LogP contribution in [0, 0.1) is 23.2 Å². The SMILES string of the molecule is CC(=O)O[C@@H]1[C@@H]2O[C@@H]2[C@@](C)(O)C(=O)C(C)C/C=C/[C@H]2[C@H](O)[C@]3(C)O[C@]3(C)[C@H]3[C@H](Cc4ccccc4)NC(=O)[C@@]123. The first-order valence-electron chi connectivity index (χ1n) is 13.8. The second kappa shape index (κ2) is 8.46. The molecule has 1 spiro atoms. The van der Waals surface area contributed by atoms with Crippen LogP contribution in [0.25, 0.3) is 0 Å². The maximum absolute atomic E-state index is 14.4. The zero-order valence-electron chi connectivity index (χ0n) is 22.9. The molecule has 3 N–H and O–H groups in total. The van der Waals surface area contributed by atoms with Crippen molar-refractivity contribution in [1.82, 2.24) is 5.32 Å². The van der Waals surface area contributed by atoms with Crippen LogP contribution in [-0.4, -0.2) is 75.1 Å². The molecular weight excluding hydrogens is 502 g/mol. The number of benzene rings is 1. The van der Waals surface area contributed by atoms with Crippen LogP contribution < -0.4 is 5.32 Å². The maximum atomic E-state index is 14.4. The number of Topliss-reactive ketones (excluding diaryl/α,β-unsaturated/α-hetero) is 1. The van der Waals surface area contributed by atoms with Gasteiger partial charge in [-0.25, -0.2) is 0 Å². The first kappa shape index (κ1) is 26.6. The first-order valence-corrected chi connectivity index (χ1v) is 13.8. The second-order valence-electron chi connectivity index (χ2n) is 12.6. The van der Waals surface area contributed by atoms with Crippen molar-refractivity contribution < 1.29 is 38.8 Å². The fraction of sp³-hybridized carbons (Fsp3) is 0.633. The van der Waals surface area contributed by atoms with Gasteiger partial charge in [-0.1, -0.05) is 49.4 Å². The summed E-state index contributed by atoms with van der Waals surface area (Å²) >= 11 is 0. The predicted molar refractivity (Wildman–Crippen MR) is 138 cm³/mol. The molecule has 9 nitrogen and oxygen atoms in total. The minimum absolute atomic E-state index is 0.304. The highest BCUT2D eigenvalue weighted by molar-refractivity contribution is 5.91. The Morgan fingerprint density at radius 2 is 1.85 bits per heavy atom. The molecule has 3 heterocycles. The van der Waals surface area contributed by atoms with Crippen LogP contribution >= 0.6 is 0 Å². The van der Waals surface area contributed by atoms with Crippen LogP contribution in [0.2, 0.25) is 0 Å². The van der Waals surface area contributed by atoms with E-state index in [0.717, 1.165) is 5.56 Å². The van der Waals surface area contributed by atoms with Gasteiger partial charge in [0.05, 0.1) is 6.10 Å². The Morgan fingerprint density at radius 3 is 2.51 bits per heavy atom. The number of amides is 1. The number of aliphatic hydroxyl groups excluding tert-OH is 1. The maximum Gasteiger partial charge on any atom is 0.303 e. The van der Waals surface area contributed by atoms with Crippen LogP contribution in [-0.2, 0) is 35.0 Å². The van der Waals surface area contributed by atoms with E-state index in [2.05, 4.69) is 5.32 Å². The largest absolute Gasteiger partial charge is 0.458 e. The zero-order chi connectivity index (χ0) is 28.1. The Morgan fingerprint density at radius 1 is 1.15 bits per heavy atom. The van der Waals surface area contributed by atoms with Crippen LogP contribution in [0.4, 0.5) is 0 Å². The summed E-state index contributed by atoms with van der Waals surface area (Å²) in [4.78, 5) is 40.2. The molecule has 1 aromatic carbocycles. The van der Waals surface area contributed by atoms with Gasteiger partial charge in [0, 0.05) is 30.7 Å². The van der Waals surface area contributed by atoms with Crippen molar-refractivity contribution in [3.05, 3.63) is 48.0 Å². The first-order chi connectivity index (χ1) is 18.3. The van der Waals surface area contributed by atoms with Crippen molar-refractivity contribution in [2.45, 2.75) is 94.7 Å². The quantitative estimate of drug-likeness (QED) is 0.298. The van der Waals surface area contributed by atoms with Gasteiger partial charge in [-0.05, 0) is 39.2 Å². The lowest BCUT2D eigenvalue weighted by atomic mass is 9.49. The minimum atomic E-state index is -1.84. The summed E-state index contributed by atoms with van der Waals surface area (Å²) in [6.45, 7) is 8.18. The molecule has 12 atom stereocenters. The molecule has 39 heavy (non-hydrogen) atoms. The molecule has 5 aliphatic rings. The minimum Gasteiger partial charge on any atom is -0.458 e. The average Bonchev–Trinajstić information content (AvgIpc) is 3.75. The molecular formula is C30H37NO8. The summed E-state index contributed by atoms with van der Waals surface area (Å²) in [5.41, 5.74) is -4.15. The summed E-state index contributed by atoms with van der Waals surface area (Å²) in [5.74, 6) is -3.22. The van der Waals surface area contributed by atoms with Crippen molar-refractivity contribution in [1.29, 1.82) is 0 Å². The Bertz CT molecular complexity index is 1250. The molecule has 1 amide bonds. The summed E-state index contributed by atoms with van der Waals surface area (Å²) in [6, 6.07) is 9.40. The number of epoxide rings is 2. The Hall–Kier alpha value is -2.59. The van der Waals surface area contributed by atoms with E-state index < -0.39 is 76.4 Å². The zero-order valence-corrected chi connectivity index (χ0v) is 22.9. The number of hydrogen-bond acceptors (Lipinski definition) is 8. The van der Waals surface area contributed by atoms with Crippen molar-refractivity contribution in [3.63, 3.8) is 0 Å². The highest BCUT2D eigenvalue weighted by atomic mass is 16.7. The molecule has 1 saturated carbocycles. The van der Waals surface area contributed by atoms with Gasteiger partial charge < -0.3 is 29.7 Å². The van der Waals surface area contributed by atoms with Crippen LogP contribution in [0.15, 0.2) is 42.5 Å². The number of nitrogens with one attached hydrogen (secondary N) is 1. The average molecular weight is 540 g/mol. The van der Waals surface area contributed by atoms with Crippen LogP contribution in [0.3, 0.4) is 0 Å². The van der Waals surface area contributed by atoms with Gasteiger partial charge in [0.15, 0.2) is 5.78 Å². The molecule has 0 aromatic heterocycles. The third kappa shape index (κ3) is 3.49. The predicted octanol–water partition coefficient (Wildman–Crippen LogP) is 1.48. The van der Waals surface area contributed by atoms with Gasteiger partial charge in [-0.3, -0.25) is 14.4 Å². The molecule has 2 aliphatic carbocycles. The number of hydrogen-bond donors (Lipinski definition) is 3. The standard InChI is InChI=1S/C30H37NO8/c1-15-10-9-13-18-23(34)29(5)28(4,39-29)21-19(14-17-11-7-6-8-12-17)31-26(35)30(18,21)25(37-16(2)32)20-24(38-20)27(3,36)22(15)33/h6-9,11-13,15,18-21,23-25,34,36H,10,14H2,1-5H3,(H,31,35)/b13-9+/t15?,18-,19-,20+,21+,23-,24-,25+,27-,28+,29-,30-/m0/s1. The number of ketones is 1.